The first-order chi connectivity index (χ1) is 13.2. The van der Waals surface area contributed by atoms with E-state index in [1.165, 1.54) is 96.0 Å². The molecule has 0 bridgehead atoms. The molecule has 0 aromatic carbocycles. The van der Waals surface area contributed by atoms with Crippen LogP contribution in [-0.4, -0.2) is 22.3 Å². The van der Waals surface area contributed by atoms with Crippen LogP contribution in [0.25, 0.3) is 0 Å². The molecule has 0 aromatic rings. The first-order valence-electron chi connectivity index (χ1n) is 11.7. The van der Waals surface area contributed by atoms with Crippen molar-refractivity contribution in [3.63, 3.8) is 0 Å². The van der Waals surface area contributed by atoms with Gasteiger partial charge in [-0.3, -0.25) is 0 Å². The van der Waals surface area contributed by atoms with Crippen LogP contribution < -0.4 is 0 Å². The number of aliphatic hydroxyl groups is 1. The average Bonchev–Trinajstić information content (AvgIpc) is 2.65. The van der Waals surface area contributed by atoms with E-state index >= 15 is 0 Å². The molecule has 0 aliphatic heterocycles. The van der Waals surface area contributed by atoms with Crippen molar-refractivity contribution in [2.24, 2.45) is 0 Å². The molecular formula is C24H46O3. The molecule has 0 saturated heterocycles. The molecule has 3 nitrogen and oxygen atoms in total. The number of carboxylic acid groups (broad SMARTS) is 1. The molecule has 0 aromatic heterocycles. The number of carboxylic acids is 1. The van der Waals surface area contributed by atoms with Crippen molar-refractivity contribution in [2.75, 3.05) is 0 Å². The van der Waals surface area contributed by atoms with E-state index < -0.39 is 5.97 Å². The van der Waals surface area contributed by atoms with E-state index in [2.05, 4.69) is 6.92 Å². The molecule has 1 unspecified atom stereocenters. The van der Waals surface area contributed by atoms with Gasteiger partial charge in [-0.2, -0.15) is 0 Å². The van der Waals surface area contributed by atoms with E-state index in [1.807, 2.05) is 0 Å². The topological polar surface area (TPSA) is 57.5 Å². The first kappa shape index (κ1) is 26.2. The number of allylic oxidation sites excluding steroid dienone is 1. The van der Waals surface area contributed by atoms with Gasteiger partial charge >= 0.3 is 5.97 Å². The van der Waals surface area contributed by atoms with Crippen LogP contribution in [0.15, 0.2) is 12.2 Å². The predicted octanol–water partition coefficient (Wildman–Crippen LogP) is 7.42. The Labute approximate surface area is 168 Å². The number of rotatable bonds is 21. The molecule has 0 amide bonds. The van der Waals surface area contributed by atoms with Crippen LogP contribution in [0, 0.1) is 0 Å². The third-order valence-electron chi connectivity index (χ3n) is 5.31. The molecule has 0 radical (unpaired) electrons. The van der Waals surface area contributed by atoms with Crippen LogP contribution >= 0.6 is 0 Å². The highest BCUT2D eigenvalue weighted by molar-refractivity contribution is 5.79. The fourth-order valence-electron chi connectivity index (χ4n) is 3.53. The van der Waals surface area contributed by atoms with E-state index in [1.54, 1.807) is 6.08 Å². The van der Waals surface area contributed by atoms with Crippen LogP contribution in [0.1, 0.15) is 129 Å². The Hall–Kier alpha value is -0.830. The van der Waals surface area contributed by atoms with Crippen molar-refractivity contribution in [3.8, 4) is 0 Å². The lowest BCUT2D eigenvalue weighted by atomic mass is 10.0. The second kappa shape index (κ2) is 21.5. The zero-order valence-electron chi connectivity index (χ0n) is 18.0. The molecule has 27 heavy (non-hydrogen) atoms. The van der Waals surface area contributed by atoms with Crippen LogP contribution in [0.3, 0.4) is 0 Å². The predicted molar refractivity (Wildman–Crippen MR) is 116 cm³/mol. The smallest absolute Gasteiger partial charge is 0.327 e. The van der Waals surface area contributed by atoms with Crippen molar-refractivity contribution in [1.29, 1.82) is 0 Å². The molecule has 160 valence electrons. The van der Waals surface area contributed by atoms with Gasteiger partial charge in [0.1, 0.15) is 0 Å². The summed E-state index contributed by atoms with van der Waals surface area (Å²) in [5.41, 5.74) is 0. The largest absolute Gasteiger partial charge is 0.478 e. The van der Waals surface area contributed by atoms with E-state index in [0.717, 1.165) is 32.1 Å². The highest BCUT2D eigenvalue weighted by Crippen LogP contribution is 2.15. The molecule has 0 saturated carbocycles. The molecule has 1 atom stereocenters. The third kappa shape index (κ3) is 23.1. The quantitative estimate of drug-likeness (QED) is 0.160. The number of unbranched alkanes of at least 4 members (excludes halogenated alkanes) is 15. The number of carbonyl (C=O) groups is 1. The minimum absolute atomic E-state index is 0.0567. The number of aliphatic hydroxyl groups excluding tert-OH is 1. The zero-order chi connectivity index (χ0) is 20.0. The summed E-state index contributed by atoms with van der Waals surface area (Å²) >= 11 is 0. The third-order valence-corrected chi connectivity index (χ3v) is 5.31. The SMILES string of the molecule is CCCCC(O)CCCCCCCCCCCCCCCCC=CC(=O)O. The molecule has 0 spiro atoms. The molecule has 3 heteroatoms. The molecular weight excluding hydrogens is 336 g/mol. The Morgan fingerprint density at radius 3 is 1.56 bits per heavy atom. The van der Waals surface area contributed by atoms with Gasteiger partial charge in [-0.15, -0.1) is 0 Å². The average molecular weight is 383 g/mol. The molecule has 0 aliphatic rings. The summed E-state index contributed by atoms with van der Waals surface area (Å²) < 4.78 is 0. The van der Waals surface area contributed by atoms with Crippen molar-refractivity contribution in [1.82, 2.24) is 0 Å². The molecule has 0 heterocycles. The van der Waals surface area contributed by atoms with Gasteiger partial charge in [0, 0.05) is 6.08 Å². The van der Waals surface area contributed by atoms with E-state index in [0.29, 0.717) is 0 Å². The zero-order valence-corrected chi connectivity index (χ0v) is 18.0. The Morgan fingerprint density at radius 1 is 0.704 bits per heavy atom. The Bertz CT molecular complexity index is 339. The van der Waals surface area contributed by atoms with Gasteiger partial charge in [0.2, 0.25) is 0 Å². The second-order valence-electron chi connectivity index (χ2n) is 8.06. The van der Waals surface area contributed by atoms with Gasteiger partial charge in [0.25, 0.3) is 0 Å². The highest BCUT2D eigenvalue weighted by Gasteiger charge is 2.02. The fraction of sp³-hybridized carbons (Fsp3) is 0.875. The van der Waals surface area contributed by atoms with Crippen LogP contribution in [0.5, 0.6) is 0 Å². The number of hydrogen-bond donors (Lipinski definition) is 2. The van der Waals surface area contributed by atoms with Gasteiger partial charge < -0.3 is 10.2 Å². The van der Waals surface area contributed by atoms with Crippen LogP contribution in [0.4, 0.5) is 0 Å². The monoisotopic (exact) mass is 382 g/mol. The van der Waals surface area contributed by atoms with Crippen molar-refractivity contribution in [3.05, 3.63) is 12.2 Å². The van der Waals surface area contributed by atoms with Gasteiger partial charge in [-0.25, -0.2) is 4.79 Å². The maximum absolute atomic E-state index is 10.3. The summed E-state index contributed by atoms with van der Waals surface area (Å²) in [7, 11) is 0. The first-order valence-corrected chi connectivity index (χ1v) is 11.7. The molecule has 0 fully saturated rings. The summed E-state index contributed by atoms with van der Waals surface area (Å²) in [4.78, 5) is 10.3. The summed E-state index contributed by atoms with van der Waals surface area (Å²) in [6, 6.07) is 0. The van der Waals surface area contributed by atoms with Crippen molar-refractivity contribution >= 4 is 5.97 Å². The lowest BCUT2D eigenvalue weighted by Crippen LogP contribution is -2.05. The highest BCUT2D eigenvalue weighted by atomic mass is 16.4. The van der Waals surface area contributed by atoms with E-state index in [9.17, 15) is 9.90 Å². The Balaban J connectivity index is 3.10. The van der Waals surface area contributed by atoms with Gasteiger partial charge in [0.05, 0.1) is 6.10 Å². The minimum Gasteiger partial charge on any atom is -0.478 e. The number of hydrogen-bond acceptors (Lipinski definition) is 2. The lowest BCUT2D eigenvalue weighted by Gasteiger charge is -2.09. The summed E-state index contributed by atoms with van der Waals surface area (Å²) in [6.45, 7) is 2.18. The number of aliphatic carboxylic acids is 1. The Kier molecular flexibility index (Phi) is 20.8. The fourth-order valence-corrected chi connectivity index (χ4v) is 3.53. The normalized spacial score (nSPS) is 12.7. The van der Waals surface area contributed by atoms with Gasteiger partial charge in [-0.1, -0.05) is 109 Å². The summed E-state index contributed by atoms with van der Waals surface area (Å²) in [6.07, 6.45) is 26.6. The minimum atomic E-state index is -0.840. The second-order valence-corrected chi connectivity index (χ2v) is 8.06. The van der Waals surface area contributed by atoms with E-state index in [-0.39, 0.29) is 6.10 Å². The maximum atomic E-state index is 10.3. The van der Waals surface area contributed by atoms with Crippen LogP contribution in [-0.2, 0) is 4.79 Å². The molecule has 2 N–H and O–H groups in total. The van der Waals surface area contributed by atoms with Crippen LogP contribution in [0.2, 0.25) is 0 Å². The standard InChI is InChI=1S/C24H46O3/c1-2-3-20-23(25)21-18-16-14-12-10-8-6-4-5-7-9-11-13-15-17-19-22-24(26)27/h19,22-23,25H,2-18,20-21H2,1H3,(H,26,27). The van der Waals surface area contributed by atoms with E-state index in [4.69, 9.17) is 5.11 Å². The lowest BCUT2D eigenvalue weighted by molar-refractivity contribution is -0.131. The van der Waals surface area contributed by atoms with Gasteiger partial charge in [-0.05, 0) is 25.7 Å². The van der Waals surface area contributed by atoms with Crippen molar-refractivity contribution in [2.45, 2.75) is 135 Å². The molecule has 0 rings (SSSR count). The maximum Gasteiger partial charge on any atom is 0.327 e. The molecule has 0 aliphatic carbocycles. The summed E-state index contributed by atoms with van der Waals surface area (Å²) in [5.74, 6) is -0.840. The van der Waals surface area contributed by atoms with Crippen molar-refractivity contribution < 1.29 is 15.0 Å². The van der Waals surface area contributed by atoms with Gasteiger partial charge in [0.15, 0.2) is 0 Å². The summed E-state index contributed by atoms with van der Waals surface area (Å²) in [5, 5.41) is 18.3. The Morgan fingerprint density at radius 2 is 1.11 bits per heavy atom.